The van der Waals surface area contributed by atoms with Crippen LogP contribution < -0.4 is 4.90 Å². The Kier molecular flexibility index (Phi) is 4.40. The second-order valence-electron chi connectivity index (χ2n) is 3.70. The number of anilines is 1. The predicted octanol–water partition coefficient (Wildman–Crippen LogP) is 1.98. The minimum absolute atomic E-state index is 0.0925. The van der Waals surface area contributed by atoms with Crippen molar-refractivity contribution < 1.29 is 4.92 Å². The van der Waals surface area contributed by atoms with Crippen LogP contribution in [-0.2, 0) is 0 Å². The maximum absolute atomic E-state index is 10.5. The fraction of sp³-hybridized carbons (Fsp3) is 0.455. The zero-order chi connectivity index (χ0) is 12.8. The summed E-state index contributed by atoms with van der Waals surface area (Å²) < 4.78 is 0. The molecule has 0 N–H and O–H groups in total. The molecule has 0 aliphatic carbocycles. The maximum atomic E-state index is 10.5. The number of aromatic nitrogens is 1. The minimum atomic E-state index is -0.530. The molecule has 0 saturated heterocycles. The summed E-state index contributed by atoms with van der Waals surface area (Å²) in [6.07, 6.45) is 1.46. The van der Waals surface area contributed by atoms with E-state index < -0.39 is 4.92 Å². The fourth-order valence-electron chi connectivity index (χ4n) is 1.46. The first-order chi connectivity index (χ1) is 8.08. The van der Waals surface area contributed by atoms with Crippen LogP contribution in [0.15, 0.2) is 18.3 Å². The van der Waals surface area contributed by atoms with E-state index in [0.29, 0.717) is 6.54 Å². The summed E-state index contributed by atoms with van der Waals surface area (Å²) >= 11 is 0. The van der Waals surface area contributed by atoms with Gasteiger partial charge in [-0.05, 0) is 29.8 Å². The molecule has 17 heavy (non-hydrogen) atoms. The Morgan fingerprint density at radius 1 is 1.65 bits per heavy atom. The van der Waals surface area contributed by atoms with Crippen LogP contribution in [0, 0.1) is 27.4 Å². The third-order valence-electron chi connectivity index (χ3n) is 2.38. The molecule has 0 amide bonds. The lowest BCUT2D eigenvalue weighted by Crippen LogP contribution is -2.27. The van der Waals surface area contributed by atoms with Crippen molar-refractivity contribution in [1.82, 2.24) is 4.98 Å². The van der Waals surface area contributed by atoms with Crippen molar-refractivity contribution in [3.63, 3.8) is 0 Å². The molecule has 0 aliphatic heterocycles. The van der Waals surface area contributed by atoms with Crippen molar-refractivity contribution >= 4 is 11.5 Å². The highest BCUT2D eigenvalue weighted by molar-refractivity contribution is 5.46. The molecule has 1 aromatic heterocycles. The van der Waals surface area contributed by atoms with Gasteiger partial charge in [-0.15, -0.1) is 0 Å². The molecular formula is C11H14N4O2. The van der Waals surface area contributed by atoms with Gasteiger partial charge in [0.25, 0.3) is 0 Å². The molecule has 1 heterocycles. The highest BCUT2D eigenvalue weighted by Gasteiger charge is 2.12. The van der Waals surface area contributed by atoms with Gasteiger partial charge < -0.3 is 15.0 Å². The van der Waals surface area contributed by atoms with E-state index >= 15 is 0 Å². The van der Waals surface area contributed by atoms with E-state index in [1.54, 1.807) is 6.07 Å². The normalized spacial score (nSPS) is 11.6. The first-order valence-corrected chi connectivity index (χ1v) is 5.33. The van der Waals surface area contributed by atoms with Gasteiger partial charge >= 0.3 is 5.82 Å². The number of hydrogen-bond acceptors (Lipinski definition) is 5. The Morgan fingerprint density at radius 2 is 2.35 bits per heavy atom. The third-order valence-corrected chi connectivity index (χ3v) is 2.38. The molecule has 6 nitrogen and oxygen atoms in total. The van der Waals surface area contributed by atoms with E-state index in [2.05, 4.69) is 11.1 Å². The molecule has 0 bridgehead atoms. The van der Waals surface area contributed by atoms with E-state index in [9.17, 15) is 10.1 Å². The van der Waals surface area contributed by atoms with Crippen molar-refractivity contribution in [2.24, 2.45) is 5.92 Å². The van der Waals surface area contributed by atoms with E-state index in [-0.39, 0.29) is 11.7 Å². The van der Waals surface area contributed by atoms with E-state index in [4.69, 9.17) is 5.26 Å². The molecule has 0 aliphatic rings. The third kappa shape index (κ3) is 3.41. The molecule has 0 saturated carbocycles. The summed E-state index contributed by atoms with van der Waals surface area (Å²) in [4.78, 5) is 15.7. The number of rotatable bonds is 5. The molecule has 1 unspecified atom stereocenters. The monoisotopic (exact) mass is 234 g/mol. The van der Waals surface area contributed by atoms with Crippen LogP contribution in [0.3, 0.4) is 0 Å². The van der Waals surface area contributed by atoms with Gasteiger partial charge in [-0.25, -0.2) is 0 Å². The molecule has 0 radical (unpaired) electrons. The summed E-state index contributed by atoms with van der Waals surface area (Å²) in [6.45, 7) is 5.12. The molecule has 1 rings (SSSR count). The van der Waals surface area contributed by atoms with Crippen LogP contribution in [0.5, 0.6) is 0 Å². The van der Waals surface area contributed by atoms with Crippen LogP contribution in [0.25, 0.3) is 0 Å². The van der Waals surface area contributed by atoms with Gasteiger partial charge in [-0.3, -0.25) is 0 Å². The molecule has 0 fully saturated rings. The largest absolute Gasteiger partial charge is 0.367 e. The highest BCUT2D eigenvalue weighted by Crippen LogP contribution is 2.17. The first kappa shape index (κ1) is 12.9. The number of nitrogens with zero attached hydrogens (tertiary/aromatic N) is 4. The molecule has 1 aromatic rings. The number of nitriles is 1. The van der Waals surface area contributed by atoms with Gasteiger partial charge in [-0.2, -0.15) is 5.26 Å². The van der Waals surface area contributed by atoms with Crippen molar-refractivity contribution in [3.8, 4) is 6.07 Å². The zero-order valence-electron chi connectivity index (χ0n) is 9.83. The molecule has 6 heteroatoms. The van der Waals surface area contributed by atoms with Gasteiger partial charge in [0, 0.05) is 19.2 Å². The Hall–Kier alpha value is -2.16. The van der Waals surface area contributed by atoms with Crippen molar-refractivity contribution in [1.29, 1.82) is 5.26 Å². The van der Waals surface area contributed by atoms with E-state index in [1.165, 1.54) is 12.3 Å². The van der Waals surface area contributed by atoms with Crippen LogP contribution in [0.1, 0.15) is 13.8 Å². The van der Waals surface area contributed by atoms with Gasteiger partial charge in [-0.1, -0.05) is 0 Å². The zero-order valence-corrected chi connectivity index (χ0v) is 9.83. The van der Waals surface area contributed by atoms with E-state index in [0.717, 1.165) is 12.2 Å². The summed E-state index contributed by atoms with van der Waals surface area (Å²) in [6, 6.07) is 5.18. The second kappa shape index (κ2) is 5.80. The predicted molar refractivity (Wildman–Crippen MR) is 63.6 cm³/mol. The van der Waals surface area contributed by atoms with Crippen LogP contribution in [0.2, 0.25) is 0 Å². The lowest BCUT2D eigenvalue weighted by Gasteiger charge is -2.22. The van der Waals surface area contributed by atoms with Gasteiger partial charge in [0.05, 0.1) is 17.7 Å². The number of hydrogen-bond donors (Lipinski definition) is 0. The maximum Gasteiger partial charge on any atom is 0.363 e. The van der Waals surface area contributed by atoms with E-state index in [1.807, 2.05) is 18.7 Å². The first-order valence-electron chi connectivity index (χ1n) is 5.33. The Labute approximate surface area is 99.6 Å². The van der Waals surface area contributed by atoms with Gasteiger partial charge in [0.15, 0.2) is 6.20 Å². The van der Waals surface area contributed by atoms with Gasteiger partial charge in [0.2, 0.25) is 0 Å². The van der Waals surface area contributed by atoms with Crippen molar-refractivity contribution in [2.75, 3.05) is 18.0 Å². The summed E-state index contributed by atoms with van der Waals surface area (Å²) in [7, 11) is 0. The second-order valence-corrected chi connectivity index (χ2v) is 3.70. The number of pyridine rings is 1. The number of nitro groups is 1. The van der Waals surface area contributed by atoms with Crippen molar-refractivity contribution in [3.05, 3.63) is 28.4 Å². The standard InChI is InChI=1S/C11H14N4O2/c1-3-14(8-9(2)6-12)10-4-5-11(13-7-10)15(16)17/h4-5,7,9H,3,8H2,1-2H3. The molecular weight excluding hydrogens is 220 g/mol. The Balaban J connectivity index is 2.83. The fourth-order valence-corrected chi connectivity index (χ4v) is 1.46. The summed E-state index contributed by atoms with van der Waals surface area (Å²) in [5, 5.41) is 19.2. The summed E-state index contributed by atoms with van der Waals surface area (Å²) in [5.41, 5.74) is 0.792. The van der Waals surface area contributed by atoms with Crippen LogP contribution in [0.4, 0.5) is 11.5 Å². The van der Waals surface area contributed by atoms with Crippen LogP contribution >= 0.6 is 0 Å². The Morgan fingerprint density at radius 3 is 2.76 bits per heavy atom. The Bertz CT molecular complexity index is 424. The molecule has 1 atom stereocenters. The van der Waals surface area contributed by atoms with Crippen molar-refractivity contribution in [2.45, 2.75) is 13.8 Å². The average Bonchev–Trinajstić information content (AvgIpc) is 2.35. The van der Waals surface area contributed by atoms with Gasteiger partial charge in [0.1, 0.15) is 0 Å². The highest BCUT2D eigenvalue weighted by atomic mass is 16.6. The lowest BCUT2D eigenvalue weighted by molar-refractivity contribution is -0.389. The topological polar surface area (TPSA) is 83.1 Å². The SMILES string of the molecule is CCN(CC(C)C#N)c1ccc([N+](=O)[O-])nc1. The molecule has 0 aromatic carbocycles. The minimum Gasteiger partial charge on any atom is -0.367 e. The molecule has 90 valence electrons. The smallest absolute Gasteiger partial charge is 0.363 e. The average molecular weight is 234 g/mol. The lowest BCUT2D eigenvalue weighted by atomic mass is 10.2. The quantitative estimate of drug-likeness (QED) is 0.574. The van der Waals surface area contributed by atoms with Crippen LogP contribution in [-0.4, -0.2) is 23.0 Å². The summed E-state index contributed by atoms with van der Waals surface area (Å²) in [5.74, 6) is -0.261. The molecule has 0 spiro atoms.